The van der Waals surface area contributed by atoms with Gasteiger partial charge in [0.1, 0.15) is 0 Å². The van der Waals surface area contributed by atoms with Crippen molar-refractivity contribution in [3.63, 3.8) is 0 Å². The summed E-state index contributed by atoms with van der Waals surface area (Å²) < 4.78 is 7.29. The van der Waals surface area contributed by atoms with E-state index in [1.54, 1.807) is 0 Å². The zero-order valence-corrected chi connectivity index (χ0v) is 18.5. The van der Waals surface area contributed by atoms with Crippen molar-refractivity contribution in [2.75, 3.05) is 0 Å². The second kappa shape index (κ2) is 7.90. The van der Waals surface area contributed by atoms with E-state index >= 15 is 0 Å². The molecule has 0 amide bonds. The summed E-state index contributed by atoms with van der Waals surface area (Å²) in [5, 5.41) is 13.1. The van der Waals surface area contributed by atoms with Gasteiger partial charge >= 0.3 is 0 Å². The van der Waals surface area contributed by atoms with Crippen LogP contribution in [0.4, 0.5) is 0 Å². The average molecular weight is 403 g/mol. The maximum absolute atomic E-state index is 10.6. The van der Waals surface area contributed by atoms with Crippen molar-refractivity contribution in [1.29, 1.82) is 0 Å². The Hall–Kier alpha value is -2.20. The highest BCUT2D eigenvalue weighted by molar-refractivity contribution is 6.99. The molecule has 3 aromatic carbocycles. The van der Waals surface area contributed by atoms with E-state index in [-0.39, 0.29) is 17.2 Å². The molecule has 29 heavy (non-hydrogen) atoms. The summed E-state index contributed by atoms with van der Waals surface area (Å²) in [5.74, 6) is 0. The standard InChI is InChI=1S/C26H30O2Si/c1-26(2,3)29(22-13-6-4-7-14-22,23-15-8-5-9-16-23)28-25-19-21(27)18-20-12-10-11-17-24(20)25/h4-17,21,25,27H,18-19H2,1-3H3/t21?,25-/m0/s1. The molecule has 0 aliphatic heterocycles. The van der Waals surface area contributed by atoms with E-state index in [2.05, 4.69) is 106 Å². The summed E-state index contributed by atoms with van der Waals surface area (Å²) in [6.45, 7) is 6.89. The highest BCUT2D eigenvalue weighted by Crippen LogP contribution is 2.42. The minimum absolute atomic E-state index is 0.0763. The van der Waals surface area contributed by atoms with E-state index in [0.29, 0.717) is 12.8 Å². The largest absolute Gasteiger partial charge is 0.400 e. The third kappa shape index (κ3) is 3.70. The first-order valence-corrected chi connectivity index (χ1v) is 12.4. The smallest absolute Gasteiger partial charge is 0.261 e. The van der Waals surface area contributed by atoms with Crippen LogP contribution in [0.5, 0.6) is 0 Å². The second-order valence-electron chi connectivity index (χ2n) is 9.06. The molecule has 0 heterocycles. The van der Waals surface area contributed by atoms with Crippen LogP contribution < -0.4 is 10.4 Å². The molecule has 0 spiro atoms. The molecule has 2 nitrogen and oxygen atoms in total. The van der Waals surface area contributed by atoms with Crippen LogP contribution in [0.2, 0.25) is 5.04 Å². The molecule has 3 heteroatoms. The van der Waals surface area contributed by atoms with Gasteiger partial charge in [-0.15, -0.1) is 0 Å². The number of rotatable bonds is 4. The molecule has 150 valence electrons. The number of aliphatic hydroxyl groups is 1. The lowest BCUT2D eigenvalue weighted by molar-refractivity contribution is 0.0765. The fourth-order valence-corrected chi connectivity index (χ4v) is 9.43. The van der Waals surface area contributed by atoms with Crippen LogP contribution in [0.15, 0.2) is 84.9 Å². The maximum atomic E-state index is 10.6. The van der Waals surface area contributed by atoms with E-state index in [1.165, 1.54) is 21.5 Å². The van der Waals surface area contributed by atoms with Crippen LogP contribution in [0, 0.1) is 0 Å². The van der Waals surface area contributed by atoms with E-state index in [0.717, 1.165) is 0 Å². The Balaban J connectivity index is 1.90. The van der Waals surface area contributed by atoms with Gasteiger partial charge in [-0.2, -0.15) is 0 Å². The van der Waals surface area contributed by atoms with Crippen LogP contribution in [-0.2, 0) is 10.8 Å². The molecular formula is C26H30O2Si. The molecule has 0 saturated carbocycles. The highest BCUT2D eigenvalue weighted by atomic mass is 28.4. The van der Waals surface area contributed by atoms with Crippen molar-refractivity contribution < 1.29 is 9.53 Å². The predicted octanol–water partition coefficient (Wildman–Crippen LogP) is 4.61. The summed E-state index contributed by atoms with van der Waals surface area (Å²) in [5.41, 5.74) is 2.43. The fraction of sp³-hybridized carbons (Fsp3) is 0.308. The summed E-state index contributed by atoms with van der Waals surface area (Å²) in [6.07, 6.45) is 0.868. The number of fused-ring (bicyclic) bond motifs is 1. The molecule has 3 aromatic rings. The first-order valence-electron chi connectivity index (χ1n) is 10.5. The second-order valence-corrected chi connectivity index (χ2v) is 13.3. The van der Waals surface area contributed by atoms with Crippen molar-refractivity contribution in [3.05, 3.63) is 96.1 Å². The van der Waals surface area contributed by atoms with E-state index in [1.807, 2.05) is 0 Å². The zero-order valence-electron chi connectivity index (χ0n) is 17.5. The van der Waals surface area contributed by atoms with Crippen LogP contribution in [0.3, 0.4) is 0 Å². The maximum Gasteiger partial charge on any atom is 0.261 e. The Bertz CT molecular complexity index is 908. The van der Waals surface area contributed by atoms with Gasteiger partial charge in [0.05, 0.1) is 12.2 Å². The molecule has 1 unspecified atom stereocenters. The molecule has 0 fully saturated rings. The summed E-state index contributed by atoms with van der Waals surface area (Å²) in [6, 6.07) is 29.9. The molecule has 0 radical (unpaired) electrons. The molecule has 0 saturated heterocycles. The zero-order chi connectivity index (χ0) is 20.5. The first kappa shape index (κ1) is 20.1. The predicted molar refractivity (Wildman–Crippen MR) is 122 cm³/mol. The molecule has 0 aromatic heterocycles. The Morgan fingerprint density at radius 3 is 1.86 bits per heavy atom. The van der Waals surface area contributed by atoms with Crippen molar-refractivity contribution in [2.24, 2.45) is 0 Å². The summed E-state index contributed by atoms with van der Waals surface area (Å²) >= 11 is 0. The van der Waals surface area contributed by atoms with Crippen LogP contribution in [0.25, 0.3) is 0 Å². The van der Waals surface area contributed by atoms with Crippen LogP contribution in [-0.4, -0.2) is 19.5 Å². The molecule has 2 atom stereocenters. The van der Waals surface area contributed by atoms with Gasteiger partial charge in [0, 0.05) is 6.42 Å². The molecule has 1 aliphatic carbocycles. The lowest BCUT2D eigenvalue weighted by atomic mass is 9.88. The van der Waals surface area contributed by atoms with Gasteiger partial charge in [-0.05, 0) is 33.0 Å². The van der Waals surface area contributed by atoms with Gasteiger partial charge in [-0.3, -0.25) is 0 Å². The van der Waals surface area contributed by atoms with E-state index < -0.39 is 8.32 Å². The Morgan fingerprint density at radius 2 is 1.31 bits per heavy atom. The summed E-state index contributed by atoms with van der Waals surface area (Å²) in [7, 11) is -2.65. The molecule has 1 N–H and O–H groups in total. The quantitative estimate of drug-likeness (QED) is 0.646. The van der Waals surface area contributed by atoms with Gasteiger partial charge in [0.25, 0.3) is 8.32 Å². The lowest BCUT2D eigenvalue weighted by Crippen LogP contribution is -2.67. The first-order chi connectivity index (χ1) is 13.9. The minimum Gasteiger partial charge on any atom is -0.400 e. The van der Waals surface area contributed by atoms with Gasteiger partial charge < -0.3 is 9.53 Å². The van der Waals surface area contributed by atoms with Gasteiger partial charge in [0.2, 0.25) is 0 Å². The van der Waals surface area contributed by atoms with Gasteiger partial charge in [-0.1, -0.05) is 106 Å². The summed E-state index contributed by atoms with van der Waals surface area (Å²) in [4.78, 5) is 0. The van der Waals surface area contributed by atoms with Crippen molar-refractivity contribution in [2.45, 2.75) is 50.9 Å². The molecule has 1 aliphatic rings. The molecule has 0 bridgehead atoms. The highest BCUT2D eigenvalue weighted by Gasteiger charge is 2.52. The van der Waals surface area contributed by atoms with Gasteiger partial charge in [-0.25, -0.2) is 0 Å². The normalized spacial score (nSPS) is 19.6. The van der Waals surface area contributed by atoms with E-state index in [4.69, 9.17) is 4.43 Å². The van der Waals surface area contributed by atoms with Gasteiger partial charge in [0.15, 0.2) is 0 Å². The fourth-order valence-electron chi connectivity index (χ4n) is 4.76. The number of aliphatic hydroxyl groups excluding tert-OH is 1. The SMILES string of the molecule is CC(C)(C)[Si](O[C@H]1CC(O)Cc2ccccc21)(c1ccccc1)c1ccccc1. The topological polar surface area (TPSA) is 29.5 Å². The number of hydrogen-bond donors (Lipinski definition) is 1. The van der Waals surface area contributed by atoms with Crippen molar-refractivity contribution in [1.82, 2.24) is 0 Å². The molecular weight excluding hydrogens is 372 g/mol. The monoisotopic (exact) mass is 402 g/mol. The van der Waals surface area contributed by atoms with Crippen LogP contribution >= 0.6 is 0 Å². The third-order valence-electron chi connectivity index (χ3n) is 6.08. The van der Waals surface area contributed by atoms with Crippen molar-refractivity contribution >= 4 is 18.7 Å². The molecule has 4 rings (SSSR count). The number of benzene rings is 3. The number of hydrogen-bond acceptors (Lipinski definition) is 2. The Morgan fingerprint density at radius 1 is 0.793 bits per heavy atom. The van der Waals surface area contributed by atoms with Crippen LogP contribution in [0.1, 0.15) is 44.4 Å². The van der Waals surface area contributed by atoms with E-state index in [9.17, 15) is 5.11 Å². The Kier molecular flexibility index (Phi) is 5.47. The average Bonchev–Trinajstić information content (AvgIpc) is 2.72. The minimum atomic E-state index is -2.65. The lowest BCUT2D eigenvalue weighted by Gasteiger charge is -2.46. The third-order valence-corrected chi connectivity index (χ3v) is 11.1. The Labute approximate surface area is 175 Å². The van der Waals surface area contributed by atoms with Crippen molar-refractivity contribution in [3.8, 4) is 0 Å².